The standard InChI is InChI=1S/C22H19N3O2/c1-25(18-9-8-16-7-6-15-3-2-4-17(18)21(15)16)22(23)24-12-14-5-10-19-20(11-14)27-13-26-19/h2-11H,12-13H2,1H3,(H2,23,24). The van der Waals surface area contributed by atoms with Crippen molar-refractivity contribution < 1.29 is 9.47 Å². The van der Waals surface area contributed by atoms with Crippen molar-refractivity contribution in [2.24, 2.45) is 10.7 Å². The molecule has 5 heteroatoms. The lowest BCUT2D eigenvalue weighted by molar-refractivity contribution is 0.174. The van der Waals surface area contributed by atoms with Gasteiger partial charge in [0.2, 0.25) is 6.79 Å². The third-order valence-electron chi connectivity index (χ3n) is 5.09. The number of aliphatic imine (C=N–C) groups is 1. The van der Waals surface area contributed by atoms with E-state index in [-0.39, 0.29) is 6.79 Å². The molecule has 0 spiro atoms. The first-order valence-electron chi connectivity index (χ1n) is 8.87. The molecular formula is C22H19N3O2. The van der Waals surface area contributed by atoms with Gasteiger partial charge in [-0.2, -0.15) is 0 Å². The Labute approximate surface area is 157 Å². The normalized spacial score (nSPS) is 14.2. The molecule has 2 N–H and O–H groups in total. The minimum absolute atomic E-state index is 0.271. The summed E-state index contributed by atoms with van der Waals surface area (Å²) in [6, 6.07) is 16.4. The Morgan fingerprint density at radius 3 is 2.74 bits per heavy atom. The van der Waals surface area contributed by atoms with E-state index in [1.807, 2.05) is 30.1 Å². The topological polar surface area (TPSA) is 60.1 Å². The Morgan fingerprint density at radius 2 is 1.85 bits per heavy atom. The number of ether oxygens (including phenoxy) is 2. The average Bonchev–Trinajstić information content (AvgIpc) is 3.33. The fraction of sp³-hybridized carbons (Fsp3) is 0.136. The molecule has 0 saturated carbocycles. The lowest BCUT2D eigenvalue weighted by Crippen LogP contribution is -2.34. The number of hydrogen-bond donors (Lipinski definition) is 1. The molecule has 0 atom stereocenters. The van der Waals surface area contributed by atoms with Crippen LogP contribution in [0.4, 0.5) is 5.69 Å². The third-order valence-corrected chi connectivity index (χ3v) is 5.09. The molecule has 0 fully saturated rings. The summed E-state index contributed by atoms with van der Waals surface area (Å²) in [7, 11) is 1.95. The highest BCUT2D eigenvalue weighted by atomic mass is 16.7. The Bertz CT molecular complexity index is 1110. The van der Waals surface area contributed by atoms with Crippen LogP contribution in [0.15, 0.2) is 53.5 Å². The first-order valence-corrected chi connectivity index (χ1v) is 8.87. The van der Waals surface area contributed by atoms with Gasteiger partial charge in [-0.25, -0.2) is 4.99 Å². The fourth-order valence-corrected chi connectivity index (χ4v) is 3.64. The second kappa shape index (κ2) is 6.06. The number of nitrogens with zero attached hydrogens (tertiary/aromatic N) is 2. The van der Waals surface area contributed by atoms with Crippen LogP contribution in [-0.4, -0.2) is 19.8 Å². The van der Waals surface area contributed by atoms with Gasteiger partial charge in [0.1, 0.15) is 0 Å². The number of hydrogen-bond acceptors (Lipinski definition) is 3. The molecule has 0 saturated heterocycles. The van der Waals surface area contributed by atoms with Crippen LogP contribution in [0.25, 0.3) is 22.9 Å². The van der Waals surface area contributed by atoms with Gasteiger partial charge in [-0.15, -0.1) is 0 Å². The molecule has 5 nitrogen and oxygen atoms in total. The molecule has 2 aliphatic rings. The van der Waals surface area contributed by atoms with Crippen molar-refractivity contribution in [2.75, 3.05) is 18.7 Å². The van der Waals surface area contributed by atoms with E-state index in [0.29, 0.717) is 12.5 Å². The van der Waals surface area contributed by atoms with Crippen LogP contribution in [0, 0.1) is 0 Å². The summed E-state index contributed by atoms with van der Waals surface area (Å²) >= 11 is 0. The molecular weight excluding hydrogens is 338 g/mol. The molecule has 5 rings (SSSR count). The molecule has 134 valence electrons. The van der Waals surface area contributed by atoms with Crippen LogP contribution in [0.3, 0.4) is 0 Å². The lowest BCUT2D eigenvalue weighted by atomic mass is 10.0. The van der Waals surface area contributed by atoms with Crippen molar-refractivity contribution >= 4 is 34.6 Å². The summed E-state index contributed by atoms with van der Waals surface area (Å²) in [6.07, 6.45) is 4.30. The van der Waals surface area contributed by atoms with Gasteiger partial charge in [-0.05, 0) is 40.3 Å². The number of guanidine groups is 1. The number of anilines is 1. The maximum Gasteiger partial charge on any atom is 0.231 e. The zero-order valence-electron chi connectivity index (χ0n) is 15.0. The molecule has 1 aliphatic heterocycles. The molecule has 0 amide bonds. The van der Waals surface area contributed by atoms with E-state index in [1.165, 1.54) is 21.9 Å². The molecule has 0 bridgehead atoms. The first-order chi connectivity index (χ1) is 13.2. The van der Waals surface area contributed by atoms with Gasteiger partial charge < -0.3 is 20.1 Å². The second-order valence-electron chi connectivity index (χ2n) is 6.70. The van der Waals surface area contributed by atoms with Gasteiger partial charge in [0.25, 0.3) is 0 Å². The third kappa shape index (κ3) is 2.59. The fourth-order valence-electron chi connectivity index (χ4n) is 3.64. The van der Waals surface area contributed by atoms with Gasteiger partial charge in [0, 0.05) is 12.4 Å². The van der Waals surface area contributed by atoms with Crippen molar-refractivity contribution in [3.05, 3.63) is 65.2 Å². The largest absolute Gasteiger partial charge is 0.454 e. The van der Waals surface area contributed by atoms with E-state index in [0.717, 1.165) is 22.7 Å². The van der Waals surface area contributed by atoms with Crippen molar-refractivity contribution in [3.8, 4) is 11.5 Å². The molecule has 0 aromatic heterocycles. The quantitative estimate of drug-likeness (QED) is 0.445. The summed E-state index contributed by atoms with van der Waals surface area (Å²) in [6.45, 7) is 0.752. The summed E-state index contributed by atoms with van der Waals surface area (Å²) < 4.78 is 10.8. The lowest BCUT2D eigenvalue weighted by Gasteiger charge is -2.21. The minimum atomic E-state index is 0.271. The number of nitrogens with two attached hydrogens (primary N) is 1. The van der Waals surface area contributed by atoms with Gasteiger partial charge >= 0.3 is 0 Å². The molecule has 0 unspecified atom stereocenters. The van der Waals surface area contributed by atoms with E-state index >= 15 is 0 Å². The molecule has 1 heterocycles. The number of rotatable bonds is 3. The van der Waals surface area contributed by atoms with Gasteiger partial charge in [0.05, 0.1) is 12.2 Å². The van der Waals surface area contributed by atoms with Gasteiger partial charge in [-0.3, -0.25) is 0 Å². The summed E-state index contributed by atoms with van der Waals surface area (Å²) in [5.41, 5.74) is 10.9. The Morgan fingerprint density at radius 1 is 1.04 bits per heavy atom. The summed E-state index contributed by atoms with van der Waals surface area (Å²) in [4.78, 5) is 6.51. The van der Waals surface area contributed by atoms with Crippen LogP contribution in [0.2, 0.25) is 0 Å². The van der Waals surface area contributed by atoms with Crippen molar-refractivity contribution in [1.82, 2.24) is 0 Å². The van der Waals surface area contributed by atoms with Crippen LogP contribution >= 0.6 is 0 Å². The Hall–Kier alpha value is -3.47. The van der Waals surface area contributed by atoms with E-state index in [4.69, 9.17) is 15.2 Å². The van der Waals surface area contributed by atoms with Crippen molar-refractivity contribution in [1.29, 1.82) is 0 Å². The summed E-state index contributed by atoms with van der Waals surface area (Å²) in [5, 5.41) is 2.45. The Kier molecular flexibility index (Phi) is 3.53. The minimum Gasteiger partial charge on any atom is -0.454 e. The number of fused-ring (bicyclic) bond motifs is 1. The van der Waals surface area contributed by atoms with Gasteiger partial charge in [-0.1, -0.05) is 42.5 Å². The Balaban J connectivity index is 1.43. The molecule has 27 heavy (non-hydrogen) atoms. The maximum atomic E-state index is 6.30. The molecule has 3 aromatic rings. The monoisotopic (exact) mass is 357 g/mol. The smallest absolute Gasteiger partial charge is 0.231 e. The predicted octanol–water partition coefficient (Wildman–Crippen LogP) is 4.00. The maximum absolute atomic E-state index is 6.30. The van der Waals surface area contributed by atoms with Gasteiger partial charge in [0.15, 0.2) is 17.5 Å². The molecule has 3 aromatic carbocycles. The molecule has 1 aliphatic carbocycles. The van der Waals surface area contributed by atoms with Crippen LogP contribution < -0.4 is 20.1 Å². The first kappa shape index (κ1) is 15.8. The molecule has 0 radical (unpaired) electrons. The van der Waals surface area contributed by atoms with E-state index in [2.05, 4.69) is 47.5 Å². The van der Waals surface area contributed by atoms with Crippen molar-refractivity contribution in [3.63, 3.8) is 0 Å². The van der Waals surface area contributed by atoms with Crippen molar-refractivity contribution in [2.45, 2.75) is 6.54 Å². The number of benzene rings is 3. The average molecular weight is 357 g/mol. The van der Waals surface area contributed by atoms with Crippen LogP contribution in [0.1, 0.15) is 16.7 Å². The van der Waals surface area contributed by atoms with E-state index in [9.17, 15) is 0 Å². The zero-order chi connectivity index (χ0) is 18.4. The summed E-state index contributed by atoms with van der Waals surface area (Å²) in [5.74, 6) is 2.00. The van der Waals surface area contributed by atoms with Crippen LogP contribution in [0.5, 0.6) is 11.5 Å². The second-order valence-corrected chi connectivity index (χ2v) is 6.70. The SMILES string of the molecule is CN(C(N)=NCc1ccc2c(c1)OCO2)c1ccc2c3c(cccc13)C=C2. The zero-order valence-corrected chi connectivity index (χ0v) is 15.0. The highest BCUT2D eigenvalue weighted by Crippen LogP contribution is 2.36. The van der Waals surface area contributed by atoms with E-state index < -0.39 is 0 Å². The highest BCUT2D eigenvalue weighted by molar-refractivity contribution is 6.12. The van der Waals surface area contributed by atoms with Crippen LogP contribution in [-0.2, 0) is 6.54 Å². The predicted molar refractivity (Wildman–Crippen MR) is 109 cm³/mol. The van der Waals surface area contributed by atoms with E-state index in [1.54, 1.807) is 0 Å². The highest BCUT2D eigenvalue weighted by Gasteiger charge is 2.16.